The van der Waals surface area contributed by atoms with Gasteiger partial charge in [-0.05, 0) is 12.1 Å². The van der Waals surface area contributed by atoms with Crippen LogP contribution in [0.15, 0.2) is 18.3 Å². The van der Waals surface area contributed by atoms with E-state index in [4.69, 9.17) is 16.7 Å². The summed E-state index contributed by atoms with van der Waals surface area (Å²) in [5, 5.41) is 8.69. The van der Waals surface area contributed by atoms with Gasteiger partial charge in [-0.3, -0.25) is 0 Å². The minimum atomic E-state index is -0.996. The Labute approximate surface area is 76.0 Å². The molecule has 0 bridgehead atoms. The number of carboxylic acid groups (broad SMARTS) is 1. The number of hydrogen-bond donors (Lipinski definition) is 1. The monoisotopic (exact) mass is 187 g/mol. The van der Waals surface area contributed by atoms with Crippen molar-refractivity contribution in [1.82, 2.24) is 4.98 Å². The SMILES string of the molecule is CC.O=C(O)c1ccc(Cl)nc1. The molecular weight excluding hydrogens is 178 g/mol. The van der Waals surface area contributed by atoms with Crippen LogP contribution in [0.2, 0.25) is 5.15 Å². The van der Waals surface area contributed by atoms with Crippen LogP contribution in [0.4, 0.5) is 0 Å². The maximum atomic E-state index is 10.2. The zero-order valence-electron chi connectivity index (χ0n) is 6.91. The molecule has 0 aliphatic heterocycles. The molecule has 0 unspecified atom stereocenters. The molecule has 1 heterocycles. The molecule has 0 saturated carbocycles. The van der Waals surface area contributed by atoms with Crippen LogP contribution in [0.5, 0.6) is 0 Å². The summed E-state index contributed by atoms with van der Waals surface area (Å²) in [6.07, 6.45) is 1.21. The number of hydrogen-bond acceptors (Lipinski definition) is 2. The Hall–Kier alpha value is -1.09. The van der Waals surface area contributed by atoms with Gasteiger partial charge in [-0.1, -0.05) is 25.4 Å². The summed E-state index contributed by atoms with van der Waals surface area (Å²) in [5.74, 6) is -0.996. The van der Waals surface area contributed by atoms with Crippen molar-refractivity contribution in [3.63, 3.8) is 0 Å². The van der Waals surface area contributed by atoms with Crippen molar-refractivity contribution >= 4 is 17.6 Å². The number of aromatic carboxylic acids is 1. The van der Waals surface area contributed by atoms with Gasteiger partial charge in [-0.25, -0.2) is 9.78 Å². The first kappa shape index (κ1) is 10.9. The van der Waals surface area contributed by atoms with Crippen LogP contribution in [0.3, 0.4) is 0 Å². The van der Waals surface area contributed by atoms with Gasteiger partial charge in [0, 0.05) is 6.20 Å². The van der Waals surface area contributed by atoms with Crippen molar-refractivity contribution in [2.24, 2.45) is 0 Å². The van der Waals surface area contributed by atoms with Crippen molar-refractivity contribution in [2.45, 2.75) is 13.8 Å². The Morgan fingerprint density at radius 1 is 1.50 bits per heavy atom. The van der Waals surface area contributed by atoms with Gasteiger partial charge >= 0.3 is 5.97 Å². The normalized spacial score (nSPS) is 8.25. The smallest absolute Gasteiger partial charge is 0.337 e. The average Bonchev–Trinajstić information content (AvgIpc) is 2.09. The van der Waals surface area contributed by atoms with E-state index in [-0.39, 0.29) is 5.56 Å². The second-order valence-corrected chi connectivity index (χ2v) is 2.06. The van der Waals surface area contributed by atoms with E-state index in [1.165, 1.54) is 18.3 Å². The molecule has 1 aromatic rings. The highest BCUT2D eigenvalue weighted by Gasteiger charge is 2.00. The predicted molar refractivity (Wildman–Crippen MR) is 47.6 cm³/mol. The van der Waals surface area contributed by atoms with E-state index in [1.807, 2.05) is 13.8 Å². The lowest BCUT2D eigenvalue weighted by Gasteiger charge is -1.90. The van der Waals surface area contributed by atoms with Crippen molar-refractivity contribution < 1.29 is 9.90 Å². The Bertz CT molecular complexity index is 246. The summed E-state index contributed by atoms with van der Waals surface area (Å²) < 4.78 is 0. The molecule has 66 valence electrons. The molecule has 4 heteroatoms. The van der Waals surface area contributed by atoms with E-state index in [2.05, 4.69) is 4.98 Å². The van der Waals surface area contributed by atoms with E-state index in [0.29, 0.717) is 5.15 Å². The predicted octanol–water partition coefficient (Wildman–Crippen LogP) is 2.46. The molecule has 0 aromatic carbocycles. The summed E-state index contributed by atoms with van der Waals surface area (Å²) in [5.41, 5.74) is 0.143. The fourth-order valence-corrected chi connectivity index (χ4v) is 0.614. The van der Waals surface area contributed by atoms with Gasteiger partial charge in [-0.15, -0.1) is 0 Å². The first-order valence-electron chi connectivity index (χ1n) is 3.55. The third-order valence-corrected chi connectivity index (χ3v) is 1.20. The fraction of sp³-hybridized carbons (Fsp3) is 0.250. The van der Waals surface area contributed by atoms with E-state index in [9.17, 15) is 4.79 Å². The lowest BCUT2D eigenvalue weighted by atomic mass is 10.3. The lowest BCUT2D eigenvalue weighted by molar-refractivity contribution is 0.0696. The molecule has 0 aliphatic rings. The molecule has 0 atom stereocenters. The Morgan fingerprint density at radius 3 is 2.42 bits per heavy atom. The highest BCUT2D eigenvalue weighted by molar-refractivity contribution is 6.29. The van der Waals surface area contributed by atoms with Crippen LogP contribution in [0.25, 0.3) is 0 Å². The second kappa shape index (κ2) is 5.55. The van der Waals surface area contributed by atoms with E-state index in [0.717, 1.165) is 0 Å². The van der Waals surface area contributed by atoms with Crippen molar-refractivity contribution in [1.29, 1.82) is 0 Å². The van der Waals surface area contributed by atoms with E-state index < -0.39 is 5.97 Å². The summed E-state index contributed by atoms with van der Waals surface area (Å²) >= 11 is 5.41. The van der Waals surface area contributed by atoms with Gasteiger partial charge < -0.3 is 5.11 Å². The summed E-state index contributed by atoms with van der Waals surface area (Å²) in [6.45, 7) is 4.00. The number of carbonyl (C=O) groups is 1. The third-order valence-electron chi connectivity index (χ3n) is 0.974. The Kier molecular flexibility index (Phi) is 5.04. The summed E-state index contributed by atoms with van der Waals surface area (Å²) in [7, 11) is 0. The van der Waals surface area contributed by atoms with Crippen molar-refractivity contribution in [2.75, 3.05) is 0 Å². The third kappa shape index (κ3) is 3.34. The highest BCUT2D eigenvalue weighted by atomic mass is 35.5. The van der Waals surface area contributed by atoms with Crippen LogP contribution in [0, 0.1) is 0 Å². The molecule has 0 amide bonds. The fourth-order valence-electron chi connectivity index (χ4n) is 0.502. The average molecular weight is 188 g/mol. The minimum absolute atomic E-state index is 0.143. The van der Waals surface area contributed by atoms with E-state index in [1.54, 1.807) is 0 Å². The van der Waals surface area contributed by atoms with Gasteiger partial charge in [0.1, 0.15) is 5.15 Å². The van der Waals surface area contributed by atoms with Crippen molar-refractivity contribution in [3.05, 3.63) is 29.0 Å². The van der Waals surface area contributed by atoms with Crippen LogP contribution in [-0.4, -0.2) is 16.1 Å². The first-order chi connectivity index (χ1) is 5.70. The largest absolute Gasteiger partial charge is 0.478 e. The van der Waals surface area contributed by atoms with Gasteiger partial charge in [0.15, 0.2) is 0 Å². The molecule has 0 saturated heterocycles. The standard InChI is InChI=1S/C6H4ClNO2.C2H6/c7-5-2-1-4(3-8-5)6(9)10;1-2/h1-3H,(H,9,10);1-2H3. The van der Waals surface area contributed by atoms with Gasteiger partial charge in [0.25, 0.3) is 0 Å². The molecule has 1 aromatic heterocycles. The summed E-state index contributed by atoms with van der Waals surface area (Å²) in [4.78, 5) is 13.8. The summed E-state index contributed by atoms with van der Waals surface area (Å²) in [6, 6.07) is 2.84. The zero-order chi connectivity index (χ0) is 9.56. The number of carboxylic acids is 1. The quantitative estimate of drug-likeness (QED) is 0.688. The lowest BCUT2D eigenvalue weighted by Crippen LogP contribution is -1.95. The van der Waals surface area contributed by atoms with Crippen molar-refractivity contribution in [3.8, 4) is 0 Å². The number of pyridine rings is 1. The molecule has 1 rings (SSSR count). The maximum Gasteiger partial charge on any atom is 0.337 e. The minimum Gasteiger partial charge on any atom is -0.478 e. The molecule has 0 aliphatic carbocycles. The van der Waals surface area contributed by atoms with Gasteiger partial charge in [-0.2, -0.15) is 0 Å². The van der Waals surface area contributed by atoms with Crippen LogP contribution in [-0.2, 0) is 0 Å². The Morgan fingerprint density at radius 2 is 2.08 bits per heavy atom. The zero-order valence-corrected chi connectivity index (χ0v) is 7.67. The number of nitrogens with zero attached hydrogens (tertiary/aromatic N) is 1. The highest BCUT2D eigenvalue weighted by Crippen LogP contribution is 2.04. The second-order valence-electron chi connectivity index (χ2n) is 1.67. The first-order valence-corrected chi connectivity index (χ1v) is 3.93. The topological polar surface area (TPSA) is 50.2 Å². The molecule has 1 N–H and O–H groups in total. The van der Waals surface area contributed by atoms with Crippen LogP contribution in [0.1, 0.15) is 24.2 Å². The molecule has 3 nitrogen and oxygen atoms in total. The maximum absolute atomic E-state index is 10.2. The molecule has 0 fully saturated rings. The van der Waals surface area contributed by atoms with Gasteiger partial charge in [0.05, 0.1) is 5.56 Å². The molecule has 0 radical (unpaired) electrons. The van der Waals surface area contributed by atoms with Gasteiger partial charge in [0.2, 0.25) is 0 Å². The van der Waals surface area contributed by atoms with Crippen LogP contribution < -0.4 is 0 Å². The number of halogens is 1. The number of rotatable bonds is 1. The number of aromatic nitrogens is 1. The molecular formula is C8H10ClNO2. The Balaban J connectivity index is 0.000000561. The van der Waals surface area contributed by atoms with Crippen LogP contribution >= 0.6 is 11.6 Å². The van der Waals surface area contributed by atoms with E-state index >= 15 is 0 Å². The molecule has 12 heavy (non-hydrogen) atoms. The molecule has 0 spiro atoms.